The van der Waals surface area contributed by atoms with Crippen LogP contribution < -0.4 is 15.5 Å². The van der Waals surface area contributed by atoms with Crippen molar-refractivity contribution in [1.82, 2.24) is 25.1 Å². The van der Waals surface area contributed by atoms with E-state index in [1.165, 1.54) is 0 Å². The maximum absolute atomic E-state index is 12.5. The molecule has 2 N–H and O–H groups in total. The number of carbonyl (C=O) groups is 1. The summed E-state index contributed by atoms with van der Waals surface area (Å²) in [7, 11) is 0. The van der Waals surface area contributed by atoms with E-state index in [4.69, 9.17) is 0 Å². The second-order valence-corrected chi connectivity index (χ2v) is 7.52. The Labute approximate surface area is 160 Å². The van der Waals surface area contributed by atoms with Crippen LogP contribution in [0, 0.1) is 12.8 Å². The lowest BCUT2D eigenvalue weighted by atomic mass is 10.1. The Morgan fingerprint density at radius 3 is 2.96 bits per heavy atom. The fourth-order valence-corrected chi connectivity index (χ4v) is 3.29. The Hall–Kier alpha value is -2.64. The molecule has 0 radical (unpaired) electrons. The van der Waals surface area contributed by atoms with Gasteiger partial charge in [0.15, 0.2) is 0 Å². The fourth-order valence-electron chi connectivity index (χ4n) is 3.29. The normalized spacial score (nSPS) is 17.2. The highest BCUT2D eigenvalue weighted by Gasteiger charge is 2.23. The van der Waals surface area contributed by atoms with Crippen molar-refractivity contribution >= 4 is 17.7 Å². The van der Waals surface area contributed by atoms with Gasteiger partial charge in [-0.15, -0.1) is 0 Å². The third kappa shape index (κ3) is 5.42. The molecule has 1 saturated heterocycles. The maximum Gasteiger partial charge on any atom is 0.320 e. The van der Waals surface area contributed by atoms with Crippen LogP contribution in [0.5, 0.6) is 0 Å². The first-order chi connectivity index (χ1) is 13.0. The van der Waals surface area contributed by atoms with Gasteiger partial charge in [0.05, 0.1) is 11.9 Å². The van der Waals surface area contributed by atoms with Gasteiger partial charge in [0, 0.05) is 44.1 Å². The summed E-state index contributed by atoms with van der Waals surface area (Å²) < 4.78 is 1.88. The molecule has 0 spiro atoms. The molecule has 0 aliphatic carbocycles. The van der Waals surface area contributed by atoms with E-state index in [0.29, 0.717) is 5.92 Å². The summed E-state index contributed by atoms with van der Waals surface area (Å²) in [4.78, 5) is 23.2. The molecule has 2 amide bonds. The van der Waals surface area contributed by atoms with Crippen molar-refractivity contribution in [3.05, 3.63) is 30.4 Å². The van der Waals surface area contributed by atoms with Crippen LogP contribution in [-0.2, 0) is 6.54 Å². The molecular weight excluding hydrogens is 342 g/mol. The highest BCUT2D eigenvalue weighted by atomic mass is 16.2. The Balaban J connectivity index is 1.56. The molecule has 1 atom stereocenters. The van der Waals surface area contributed by atoms with Gasteiger partial charge < -0.3 is 10.2 Å². The molecule has 3 heterocycles. The second-order valence-electron chi connectivity index (χ2n) is 7.52. The van der Waals surface area contributed by atoms with Gasteiger partial charge in [-0.3, -0.25) is 10.3 Å². The number of anilines is 2. The summed E-state index contributed by atoms with van der Waals surface area (Å²) in [5.41, 5.74) is 0.903. The molecule has 3 rings (SSSR count). The summed E-state index contributed by atoms with van der Waals surface area (Å²) in [6.07, 6.45) is 8.11. The van der Waals surface area contributed by atoms with Crippen molar-refractivity contribution in [1.29, 1.82) is 0 Å². The molecule has 27 heavy (non-hydrogen) atoms. The van der Waals surface area contributed by atoms with Crippen LogP contribution in [0.1, 0.15) is 38.8 Å². The molecule has 2 aromatic heterocycles. The number of urea groups is 1. The van der Waals surface area contributed by atoms with Crippen molar-refractivity contribution in [2.45, 2.75) is 52.6 Å². The van der Waals surface area contributed by atoms with Gasteiger partial charge >= 0.3 is 6.03 Å². The lowest BCUT2D eigenvalue weighted by Crippen LogP contribution is -2.49. The van der Waals surface area contributed by atoms with Crippen LogP contribution in [0.25, 0.3) is 0 Å². The average molecular weight is 371 g/mol. The molecule has 8 heteroatoms. The van der Waals surface area contributed by atoms with Gasteiger partial charge in [-0.1, -0.05) is 13.8 Å². The number of carbonyl (C=O) groups excluding carboxylic acids is 1. The van der Waals surface area contributed by atoms with Gasteiger partial charge in [0.2, 0.25) is 0 Å². The summed E-state index contributed by atoms with van der Waals surface area (Å²) in [6.45, 7) is 8.77. The highest BCUT2D eigenvalue weighted by molar-refractivity contribution is 5.88. The van der Waals surface area contributed by atoms with Crippen molar-refractivity contribution in [2.75, 3.05) is 23.3 Å². The first-order valence-electron chi connectivity index (χ1n) is 9.64. The van der Waals surface area contributed by atoms with Crippen molar-refractivity contribution < 1.29 is 4.79 Å². The second kappa shape index (κ2) is 8.83. The summed E-state index contributed by atoms with van der Waals surface area (Å²) in [5.74, 6) is 2.18. The number of nitrogens with one attached hydrogen (secondary N) is 2. The SMILES string of the molecule is Cc1cc(NC(=O)N[C@H]2CCCN(c3cnccn3)C2)n(CCC(C)C)n1. The van der Waals surface area contributed by atoms with E-state index < -0.39 is 0 Å². The summed E-state index contributed by atoms with van der Waals surface area (Å²) in [5, 5.41) is 10.5. The quantitative estimate of drug-likeness (QED) is 0.815. The molecule has 0 aromatic carbocycles. The molecule has 8 nitrogen and oxygen atoms in total. The van der Waals surface area contributed by atoms with Crippen LogP contribution in [-0.4, -0.2) is 44.9 Å². The number of aryl methyl sites for hydroxylation is 2. The average Bonchev–Trinajstić information content (AvgIpc) is 3.00. The fraction of sp³-hybridized carbons (Fsp3) is 0.579. The third-order valence-corrected chi connectivity index (χ3v) is 4.69. The van der Waals surface area contributed by atoms with Crippen molar-refractivity contribution in [3.63, 3.8) is 0 Å². The third-order valence-electron chi connectivity index (χ3n) is 4.69. The number of aromatic nitrogens is 4. The predicted octanol–water partition coefficient (Wildman–Crippen LogP) is 2.82. The molecule has 2 aromatic rings. The Bertz CT molecular complexity index is 744. The lowest BCUT2D eigenvalue weighted by Gasteiger charge is -2.33. The largest absolute Gasteiger partial charge is 0.353 e. The number of rotatable bonds is 6. The van der Waals surface area contributed by atoms with E-state index in [1.54, 1.807) is 18.6 Å². The first kappa shape index (κ1) is 19.1. The summed E-state index contributed by atoms with van der Waals surface area (Å²) in [6, 6.07) is 1.80. The Morgan fingerprint density at radius 2 is 2.22 bits per heavy atom. The van der Waals surface area contributed by atoms with E-state index in [2.05, 4.69) is 44.4 Å². The zero-order valence-electron chi connectivity index (χ0n) is 16.4. The van der Waals surface area contributed by atoms with Gasteiger partial charge in [0.1, 0.15) is 11.6 Å². The number of piperidine rings is 1. The predicted molar refractivity (Wildman–Crippen MR) is 106 cm³/mol. The molecule has 0 bridgehead atoms. The van der Waals surface area contributed by atoms with E-state index in [-0.39, 0.29) is 12.1 Å². The van der Waals surface area contributed by atoms with E-state index >= 15 is 0 Å². The minimum atomic E-state index is -0.188. The van der Waals surface area contributed by atoms with Crippen LogP contribution in [0.2, 0.25) is 0 Å². The maximum atomic E-state index is 12.5. The van der Waals surface area contributed by atoms with Gasteiger partial charge in [-0.25, -0.2) is 14.5 Å². The zero-order chi connectivity index (χ0) is 19.2. The van der Waals surface area contributed by atoms with Crippen molar-refractivity contribution in [2.24, 2.45) is 5.92 Å². The van der Waals surface area contributed by atoms with Crippen molar-refractivity contribution in [3.8, 4) is 0 Å². The number of amides is 2. The molecule has 0 unspecified atom stereocenters. The number of hydrogen-bond donors (Lipinski definition) is 2. The Kier molecular flexibility index (Phi) is 6.26. The lowest BCUT2D eigenvalue weighted by molar-refractivity contribution is 0.246. The van der Waals surface area contributed by atoms with Gasteiger partial charge in [-0.2, -0.15) is 5.10 Å². The smallest absolute Gasteiger partial charge is 0.320 e. The zero-order valence-corrected chi connectivity index (χ0v) is 16.4. The van der Waals surface area contributed by atoms with E-state index in [9.17, 15) is 4.79 Å². The molecule has 146 valence electrons. The molecule has 0 saturated carbocycles. The van der Waals surface area contributed by atoms with Crippen LogP contribution in [0.3, 0.4) is 0 Å². The van der Waals surface area contributed by atoms with Crippen LogP contribution >= 0.6 is 0 Å². The minimum absolute atomic E-state index is 0.0777. The summed E-state index contributed by atoms with van der Waals surface area (Å²) >= 11 is 0. The Morgan fingerprint density at radius 1 is 1.37 bits per heavy atom. The minimum Gasteiger partial charge on any atom is -0.353 e. The topological polar surface area (TPSA) is 88.0 Å². The standard InChI is InChI=1S/C19H29N7O/c1-14(2)6-10-26-17(11-15(3)24-26)23-19(27)22-16-5-4-9-25(13-16)18-12-20-7-8-21-18/h7-8,11-12,14,16H,4-6,9-10,13H2,1-3H3,(H2,22,23,27)/t16-/m0/s1. The molecule has 1 aliphatic heterocycles. The van der Waals surface area contributed by atoms with Crippen LogP contribution in [0.15, 0.2) is 24.7 Å². The number of hydrogen-bond acceptors (Lipinski definition) is 5. The van der Waals surface area contributed by atoms with Crippen LogP contribution in [0.4, 0.5) is 16.4 Å². The first-order valence-corrected chi connectivity index (χ1v) is 9.64. The molecular formula is C19H29N7O. The highest BCUT2D eigenvalue weighted by Crippen LogP contribution is 2.17. The van der Waals surface area contributed by atoms with E-state index in [1.807, 2.05) is 17.7 Å². The molecule has 1 aliphatic rings. The number of nitrogens with zero attached hydrogens (tertiary/aromatic N) is 5. The van der Waals surface area contributed by atoms with Gasteiger partial charge in [-0.05, 0) is 32.1 Å². The van der Waals surface area contributed by atoms with E-state index in [0.717, 1.165) is 56.2 Å². The molecule has 1 fully saturated rings. The monoisotopic (exact) mass is 371 g/mol. The van der Waals surface area contributed by atoms with Gasteiger partial charge in [0.25, 0.3) is 0 Å².